The zero-order valence-corrected chi connectivity index (χ0v) is 13.1. The summed E-state index contributed by atoms with van der Waals surface area (Å²) in [4.78, 5) is 20.6. The Bertz CT molecular complexity index is 297. The first-order valence-electron chi connectivity index (χ1n) is 4.93. The van der Waals surface area contributed by atoms with Crippen molar-refractivity contribution >= 4 is 38.0 Å². The number of rotatable bonds is 8. The molecule has 19 heavy (non-hydrogen) atoms. The molecule has 0 amide bonds. The number of hydrogen-bond acceptors (Lipinski definition) is 9. The Kier molecular flexibility index (Phi) is 10.7. The van der Waals surface area contributed by atoms with Crippen molar-refractivity contribution in [1.82, 2.24) is 0 Å². The molecule has 0 fully saturated rings. The quantitative estimate of drug-likeness (QED) is 0.196. The molecular formula is C9H13BiO9. The fraction of sp³-hybridized carbons (Fsp3) is 0.778. The molecule has 9 nitrogen and oxygen atoms in total. The smallest absolute Gasteiger partial charge is 0.852 e. The van der Waals surface area contributed by atoms with Gasteiger partial charge < -0.3 is 40.5 Å². The molecule has 5 atom stereocenters. The zero-order chi connectivity index (χ0) is 14.5. The number of carbonyl (C=O) groups excluding carboxylic acids is 2. The van der Waals surface area contributed by atoms with E-state index in [-0.39, 0.29) is 26.2 Å². The first-order chi connectivity index (χ1) is 8.22. The van der Waals surface area contributed by atoms with Crippen LogP contribution in [0.5, 0.6) is 0 Å². The number of ketones is 1. The Labute approximate surface area is 127 Å². The molecule has 0 aliphatic rings. The van der Waals surface area contributed by atoms with E-state index in [4.69, 9.17) is 15.3 Å². The van der Waals surface area contributed by atoms with Gasteiger partial charge in [-0.05, 0) is 6.42 Å². The van der Waals surface area contributed by atoms with Crippen LogP contribution in [-0.4, -0.2) is 95.5 Å². The van der Waals surface area contributed by atoms with E-state index in [1.807, 2.05) is 0 Å². The summed E-state index contributed by atoms with van der Waals surface area (Å²) in [5.74, 6) is -3.73. The molecule has 0 aromatic heterocycles. The summed E-state index contributed by atoms with van der Waals surface area (Å²) in [6, 6.07) is 0. The minimum Gasteiger partial charge on any atom is -0.852 e. The van der Waals surface area contributed by atoms with E-state index in [1.54, 1.807) is 0 Å². The van der Waals surface area contributed by atoms with Gasteiger partial charge >= 0.3 is 26.2 Å². The Morgan fingerprint density at radius 2 is 1.53 bits per heavy atom. The minimum atomic E-state index is -2.44. The summed E-state index contributed by atoms with van der Waals surface area (Å²) in [5, 5.41) is 68.2. The van der Waals surface area contributed by atoms with E-state index in [0.717, 1.165) is 0 Å². The third kappa shape index (κ3) is 6.66. The van der Waals surface area contributed by atoms with Crippen molar-refractivity contribution in [3.63, 3.8) is 0 Å². The molecule has 5 unspecified atom stereocenters. The minimum absolute atomic E-state index is 0. The van der Waals surface area contributed by atoms with Crippen molar-refractivity contribution in [2.75, 3.05) is 6.61 Å². The van der Waals surface area contributed by atoms with Crippen LogP contribution in [0.3, 0.4) is 0 Å². The fourth-order valence-corrected chi connectivity index (χ4v) is 1.13. The predicted octanol–water partition coefficient (Wildman–Crippen LogP) is -7.15. The number of Topliss-reactive ketones (excluding diaryl/α,β-unsaturated/α-hetero) is 1. The molecule has 0 rings (SSSR count). The van der Waals surface area contributed by atoms with Gasteiger partial charge in [0.15, 0.2) is 5.78 Å². The van der Waals surface area contributed by atoms with Crippen molar-refractivity contribution < 1.29 is 45.3 Å². The van der Waals surface area contributed by atoms with Crippen molar-refractivity contribution in [2.45, 2.75) is 36.9 Å². The molecule has 10 heteroatoms. The normalized spacial score (nSPS) is 18.6. The van der Waals surface area contributed by atoms with Gasteiger partial charge in [-0.3, -0.25) is 4.79 Å². The molecule has 0 saturated heterocycles. The Hall–Kier alpha value is -0.217. The molecule has 0 aliphatic heterocycles. The molecule has 0 bridgehead atoms. The van der Waals surface area contributed by atoms with Crippen LogP contribution in [0.25, 0.3) is 0 Å². The largest absolute Gasteiger partial charge is 3.00 e. The molecule has 0 spiro atoms. The van der Waals surface area contributed by atoms with E-state index in [2.05, 4.69) is 0 Å². The summed E-state index contributed by atoms with van der Waals surface area (Å²) >= 11 is 0. The van der Waals surface area contributed by atoms with E-state index in [0.29, 0.717) is 0 Å². The topological polar surface area (TPSA) is 184 Å². The second-order valence-corrected chi connectivity index (χ2v) is 3.65. The zero-order valence-electron chi connectivity index (χ0n) is 9.58. The SMILES string of the molecule is O=C([O-])C(=O)CC([O-])C([O-])C(O)C(O)C(O)CO.[Bi+3]. The summed E-state index contributed by atoms with van der Waals surface area (Å²) in [6.45, 7) is -0.952. The maximum absolute atomic E-state index is 11.3. The molecule has 2 radical (unpaired) electrons. The van der Waals surface area contributed by atoms with Crippen LogP contribution < -0.4 is 15.3 Å². The van der Waals surface area contributed by atoms with Crippen LogP contribution in [0.15, 0.2) is 0 Å². The number of carboxylic acids is 1. The van der Waals surface area contributed by atoms with Gasteiger partial charge in [-0.1, -0.05) is 0 Å². The number of aliphatic hydroxyl groups is 4. The standard InChI is InChI=1S/C9H14O9.Bi/c10-2-5(13)7(15)8(16)6(14)3(11)1-4(12)9(17)18;/h3,5-8,10,13,15-16H,1-2H2,(H,17,18);/q-2;+3/p-1. The molecule has 0 heterocycles. The van der Waals surface area contributed by atoms with Gasteiger partial charge in [-0.15, -0.1) is 12.2 Å². The summed E-state index contributed by atoms with van der Waals surface area (Å²) in [6.07, 6.45) is -12.1. The van der Waals surface area contributed by atoms with Gasteiger partial charge in [0, 0.05) is 0 Å². The maximum atomic E-state index is 11.3. The van der Waals surface area contributed by atoms with Gasteiger partial charge in [-0.25, -0.2) is 0 Å². The average molecular weight is 474 g/mol. The second kappa shape index (κ2) is 9.65. The van der Waals surface area contributed by atoms with Crippen LogP contribution >= 0.6 is 0 Å². The average Bonchev–Trinajstić information content (AvgIpc) is 2.34. The van der Waals surface area contributed by atoms with E-state index in [1.165, 1.54) is 0 Å². The number of aliphatic carboxylic acids is 1. The Morgan fingerprint density at radius 1 is 1.05 bits per heavy atom. The number of hydrogen-bond donors (Lipinski definition) is 4. The van der Waals surface area contributed by atoms with Crippen molar-refractivity contribution in [3.8, 4) is 0 Å². The van der Waals surface area contributed by atoms with Gasteiger partial charge in [0.25, 0.3) is 0 Å². The molecular weight excluding hydrogens is 461 g/mol. The van der Waals surface area contributed by atoms with E-state index in [9.17, 15) is 30.0 Å². The molecule has 0 aromatic rings. The van der Waals surface area contributed by atoms with Crippen molar-refractivity contribution in [3.05, 3.63) is 0 Å². The maximum Gasteiger partial charge on any atom is 3.00 e. The van der Waals surface area contributed by atoms with E-state index >= 15 is 0 Å². The Morgan fingerprint density at radius 3 is 1.89 bits per heavy atom. The summed E-state index contributed by atoms with van der Waals surface area (Å²) < 4.78 is 0. The monoisotopic (exact) mass is 474 g/mol. The number of carbonyl (C=O) groups is 2. The van der Waals surface area contributed by atoms with Gasteiger partial charge in [0.05, 0.1) is 12.7 Å². The summed E-state index contributed by atoms with van der Waals surface area (Å²) in [7, 11) is 0. The molecule has 108 valence electrons. The molecule has 4 N–H and O–H groups in total. The third-order valence-corrected chi connectivity index (χ3v) is 2.25. The fourth-order valence-electron chi connectivity index (χ4n) is 1.13. The van der Waals surface area contributed by atoms with Crippen LogP contribution in [0.1, 0.15) is 6.42 Å². The van der Waals surface area contributed by atoms with Crippen LogP contribution in [0.4, 0.5) is 0 Å². The van der Waals surface area contributed by atoms with Crippen molar-refractivity contribution in [1.29, 1.82) is 0 Å². The third-order valence-electron chi connectivity index (χ3n) is 2.25. The first-order valence-corrected chi connectivity index (χ1v) is 4.93. The summed E-state index contributed by atoms with van der Waals surface area (Å²) in [5.41, 5.74) is 0. The van der Waals surface area contributed by atoms with E-state index < -0.39 is 55.3 Å². The number of carboxylic acid groups (broad SMARTS) is 1. The first kappa shape index (κ1) is 21.1. The predicted molar refractivity (Wildman–Crippen MR) is 53.1 cm³/mol. The molecule has 0 saturated carbocycles. The number of aliphatic hydroxyl groups excluding tert-OH is 4. The van der Waals surface area contributed by atoms with Crippen LogP contribution in [-0.2, 0) is 9.59 Å². The second-order valence-electron chi connectivity index (χ2n) is 3.65. The molecule has 0 aliphatic carbocycles. The van der Waals surface area contributed by atoms with Gasteiger partial charge in [0.1, 0.15) is 18.2 Å². The van der Waals surface area contributed by atoms with Gasteiger partial charge in [0.2, 0.25) is 0 Å². The van der Waals surface area contributed by atoms with Crippen molar-refractivity contribution in [2.24, 2.45) is 0 Å². The Balaban J connectivity index is 0. The van der Waals surface area contributed by atoms with Gasteiger partial charge in [-0.2, -0.15) is 0 Å². The van der Waals surface area contributed by atoms with Crippen LogP contribution in [0.2, 0.25) is 0 Å². The van der Waals surface area contributed by atoms with Crippen LogP contribution in [0, 0.1) is 0 Å². The molecule has 0 aromatic carbocycles.